The second-order valence-electron chi connectivity index (χ2n) is 4.06. The predicted octanol–water partition coefficient (Wildman–Crippen LogP) is 2.39. The van der Waals surface area contributed by atoms with Crippen LogP contribution in [0.15, 0.2) is 18.2 Å². The van der Waals surface area contributed by atoms with Crippen molar-refractivity contribution < 1.29 is 23.0 Å². The Morgan fingerprint density at radius 3 is 2.70 bits per heavy atom. The number of aliphatic hydroxyl groups excluding tert-OH is 1. The maximum atomic E-state index is 12.5. The van der Waals surface area contributed by atoms with Crippen LogP contribution in [-0.2, 0) is 10.9 Å². The second-order valence-corrected chi connectivity index (χ2v) is 4.06. The van der Waals surface area contributed by atoms with E-state index in [9.17, 15) is 18.3 Å². The lowest BCUT2D eigenvalue weighted by Gasteiger charge is -2.14. The topological polar surface area (TPSA) is 65.3 Å². The fourth-order valence-electron chi connectivity index (χ4n) is 1.51. The number of anilines is 1. The van der Waals surface area contributed by atoms with Crippen molar-refractivity contribution in [1.29, 1.82) is 5.26 Å². The van der Waals surface area contributed by atoms with E-state index >= 15 is 0 Å². The third-order valence-electron chi connectivity index (χ3n) is 2.51. The van der Waals surface area contributed by atoms with Crippen LogP contribution in [0.4, 0.5) is 18.9 Å². The first-order chi connectivity index (χ1) is 9.38. The van der Waals surface area contributed by atoms with Gasteiger partial charge in [-0.1, -0.05) is 0 Å². The zero-order valence-electron chi connectivity index (χ0n) is 10.9. The van der Waals surface area contributed by atoms with Gasteiger partial charge < -0.3 is 15.2 Å². The van der Waals surface area contributed by atoms with E-state index in [0.29, 0.717) is 6.61 Å². The standard InChI is InChI=1S/C13H15F3N2O2/c1-2-20-8-11(19)7-18-12-4-3-10(13(14,15)16)5-9(12)6-17/h3-5,11,18-19H,2,7-8H2,1H3. The molecule has 7 heteroatoms. The van der Waals surface area contributed by atoms with Gasteiger partial charge in [-0.25, -0.2) is 0 Å². The molecule has 0 spiro atoms. The molecule has 4 nitrogen and oxygen atoms in total. The van der Waals surface area contributed by atoms with E-state index in [-0.39, 0.29) is 24.4 Å². The summed E-state index contributed by atoms with van der Waals surface area (Å²) in [6, 6.07) is 4.54. The lowest BCUT2D eigenvalue weighted by Crippen LogP contribution is -2.25. The molecule has 0 radical (unpaired) electrons. The maximum Gasteiger partial charge on any atom is 0.416 e. The van der Waals surface area contributed by atoms with Gasteiger partial charge >= 0.3 is 6.18 Å². The second kappa shape index (κ2) is 7.12. The van der Waals surface area contributed by atoms with E-state index in [1.165, 1.54) is 6.07 Å². The Balaban J connectivity index is 2.74. The van der Waals surface area contributed by atoms with Crippen molar-refractivity contribution in [3.05, 3.63) is 29.3 Å². The Hall–Kier alpha value is -1.78. The van der Waals surface area contributed by atoms with Crippen molar-refractivity contribution in [1.82, 2.24) is 0 Å². The van der Waals surface area contributed by atoms with Crippen molar-refractivity contribution in [2.75, 3.05) is 25.1 Å². The summed E-state index contributed by atoms with van der Waals surface area (Å²) in [5.74, 6) is 0. The molecule has 0 aromatic heterocycles. The minimum atomic E-state index is -4.49. The number of nitrogens with zero attached hydrogens (tertiary/aromatic N) is 1. The van der Waals surface area contributed by atoms with Crippen LogP contribution in [0, 0.1) is 11.3 Å². The Kier molecular flexibility index (Phi) is 5.80. The summed E-state index contributed by atoms with van der Waals surface area (Å²) in [5.41, 5.74) is -0.756. The van der Waals surface area contributed by atoms with E-state index in [2.05, 4.69) is 5.32 Å². The number of rotatable bonds is 6. The number of hydrogen-bond acceptors (Lipinski definition) is 4. The van der Waals surface area contributed by atoms with Crippen molar-refractivity contribution in [2.45, 2.75) is 19.2 Å². The van der Waals surface area contributed by atoms with Crippen molar-refractivity contribution >= 4 is 5.69 Å². The lowest BCUT2D eigenvalue weighted by atomic mass is 10.1. The van der Waals surface area contributed by atoms with Crippen LogP contribution >= 0.6 is 0 Å². The van der Waals surface area contributed by atoms with E-state index in [4.69, 9.17) is 10.00 Å². The highest BCUT2D eigenvalue weighted by molar-refractivity contribution is 5.59. The fraction of sp³-hybridized carbons (Fsp3) is 0.462. The zero-order chi connectivity index (χ0) is 15.2. The monoisotopic (exact) mass is 288 g/mol. The van der Waals surface area contributed by atoms with Gasteiger partial charge in [0.2, 0.25) is 0 Å². The van der Waals surface area contributed by atoms with Crippen LogP contribution < -0.4 is 5.32 Å². The smallest absolute Gasteiger partial charge is 0.389 e. The number of benzene rings is 1. The van der Waals surface area contributed by atoms with Gasteiger partial charge in [-0.2, -0.15) is 18.4 Å². The maximum absolute atomic E-state index is 12.5. The van der Waals surface area contributed by atoms with Gasteiger partial charge in [-0.05, 0) is 25.1 Å². The number of ether oxygens (including phenoxy) is 1. The molecular weight excluding hydrogens is 273 g/mol. The molecule has 1 unspecified atom stereocenters. The van der Waals surface area contributed by atoms with Gasteiger partial charge in [-0.15, -0.1) is 0 Å². The molecule has 1 aromatic carbocycles. The number of nitrogens with one attached hydrogen (secondary N) is 1. The highest BCUT2D eigenvalue weighted by Crippen LogP contribution is 2.31. The Morgan fingerprint density at radius 2 is 2.15 bits per heavy atom. The van der Waals surface area contributed by atoms with Gasteiger partial charge in [0.25, 0.3) is 0 Å². The molecule has 1 rings (SSSR count). The van der Waals surface area contributed by atoms with E-state index in [1.54, 1.807) is 13.0 Å². The number of halogens is 3. The molecule has 20 heavy (non-hydrogen) atoms. The molecule has 2 N–H and O–H groups in total. The Bertz CT molecular complexity index is 483. The van der Waals surface area contributed by atoms with Gasteiger partial charge in [-0.3, -0.25) is 0 Å². The summed E-state index contributed by atoms with van der Waals surface area (Å²) >= 11 is 0. The van der Waals surface area contributed by atoms with Crippen LogP contribution in [0.2, 0.25) is 0 Å². The first kappa shape index (κ1) is 16.3. The van der Waals surface area contributed by atoms with E-state index in [0.717, 1.165) is 12.1 Å². The molecule has 0 saturated heterocycles. The third kappa shape index (κ3) is 4.72. The predicted molar refractivity (Wildman–Crippen MR) is 67.1 cm³/mol. The quantitative estimate of drug-likeness (QED) is 0.843. The average Bonchev–Trinajstić information content (AvgIpc) is 2.41. The molecule has 0 bridgehead atoms. The van der Waals surface area contributed by atoms with Crippen LogP contribution in [0.3, 0.4) is 0 Å². The summed E-state index contributed by atoms with van der Waals surface area (Å²) in [4.78, 5) is 0. The van der Waals surface area contributed by atoms with Crippen molar-refractivity contribution in [3.63, 3.8) is 0 Å². The van der Waals surface area contributed by atoms with E-state index < -0.39 is 17.8 Å². The molecule has 0 amide bonds. The van der Waals surface area contributed by atoms with Crippen molar-refractivity contribution in [2.24, 2.45) is 0 Å². The third-order valence-corrected chi connectivity index (χ3v) is 2.51. The zero-order valence-corrected chi connectivity index (χ0v) is 10.9. The van der Waals surface area contributed by atoms with Gasteiger partial charge in [0.1, 0.15) is 6.07 Å². The summed E-state index contributed by atoms with van der Waals surface area (Å²) in [6.45, 7) is 2.44. The van der Waals surface area contributed by atoms with Crippen LogP contribution in [-0.4, -0.2) is 31.0 Å². The SMILES string of the molecule is CCOCC(O)CNc1ccc(C(F)(F)F)cc1C#N. The fourth-order valence-corrected chi connectivity index (χ4v) is 1.51. The normalized spacial score (nSPS) is 12.8. The first-order valence-corrected chi connectivity index (χ1v) is 5.99. The number of hydrogen-bond donors (Lipinski definition) is 2. The number of aliphatic hydroxyl groups is 1. The molecule has 0 saturated carbocycles. The summed E-state index contributed by atoms with van der Waals surface area (Å²) in [6.07, 6.45) is -5.29. The molecule has 0 heterocycles. The molecule has 0 aliphatic carbocycles. The van der Waals surface area contributed by atoms with E-state index in [1.807, 2.05) is 0 Å². The minimum Gasteiger partial charge on any atom is -0.389 e. The highest BCUT2D eigenvalue weighted by Gasteiger charge is 2.31. The van der Waals surface area contributed by atoms with Crippen LogP contribution in [0.25, 0.3) is 0 Å². The molecule has 1 aromatic rings. The largest absolute Gasteiger partial charge is 0.416 e. The Labute approximate surface area is 114 Å². The minimum absolute atomic E-state index is 0.0834. The molecule has 0 fully saturated rings. The average molecular weight is 288 g/mol. The summed E-state index contributed by atoms with van der Waals surface area (Å²) in [7, 11) is 0. The molecule has 1 atom stereocenters. The van der Waals surface area contributed by atoms with Gasteiger partial charge in [0.15, 0.2) is 0 Å². The highest BCUT2D eigenvalue weighted by atomic mass is 19.4. The van der Waals surface area contributed by atoms with Crippen LogP contribution in [0.5, 0.6) is 0 Å². The molecule has 110 valence electrons. The van der Waals surface area contributed by atoms with Crippen molar-refractivity contribution in [3.8, 4) is 6.07 Å². The lowest BCUT2D eigenvalue weighted by molar-refractivity contribution is -0.137. The molecule has 0 aliphatic heterocycles. The molecule has 0 aliphatic rings. The number of nitriles is 1. The number of alkyl halides is 3. The first-order valence-electron chi connectivity index (χ1n) is 5.99. The van der Waals surface area contributed by atoms with Gasteiger partial charge in [0, 0.05) is 13.2 Å². The Morgan fingerprint density at radius 1 is 1.45 bits per heavy atom. The molecular formula is C13H15F3N2O2. The van der Waals surface area contributed by atoms with Crippen LogP contribution in [0.1, 0.15) is 18.1 Å². The summed E-state index contributed by atoms with van der Waals surface area (Å²) in [5, 5.41) is 21.1. The van der Waals surface area contributed by atoms with Gasteiger partial charge in [0.05, 0.1) is 29.5 Å². The summed E-state index contributed by atoms with van der Waals surface area (Å²) < 4.78 is 42.5.